The van der Waals surface area contributed by atoms with Crippen molar-refractivity contribution >= 4 is 11.4 Å². The number of unbranched alkanes of at least 4 members (excludes halogenated alkanes) is 2. The Kier molecular flexibility index (Phi) is 12.5. The third-order valence-electron chi connectivity index (χ3n) is 12.1. The average Bonchev–Trinajstić information content (AvgIpc) is 3.10. The van der Waals surface area contributed by atoms with Gasteiger partial charge in [0.2, 0.25) is 0 Å². The molecule has 4 aromatic carbocycles. The number of benzene rings is 4. The topological polar surface area (TPSA) is 105 Å². The third-order valence-corrected chi connectivity index (χ3v) is 12.1. The van der Waals surface area contributed by atoms with E-state index in [-0.39, 0.29) is 32.1 Å². The number of hydrogen-bond acceptors (Lipinski definition) is 6. The van der Waals surface area contributed by atoms with Gasteiger partial charge in [0.25, 0.3) is 11.4 Å². The molecular formula is C46H58N2O6. The number of nitro groups is 2. The van der Waals surface area contributed by atoms with Gasteiger partial charge in [-0.2, -0.15) is 0 Å². The zero-order valence-electron chi connectivity index (χ0n) is 33.8. The largest absolute Gasteiger partial charge is 0.457 e. The minimum atomic E-state index is -0.356. The van der Waals surface area contributed by atoms with Gasteiger partial charge >= 0.3 is 0 Å². The quantitative estimate of drug-likeness (QED) is 0.0889. The molecule has 0 bridgehead atoms. The Morgan fingerprint density at radius 3 is 1.59 bits per heavy atom. The van der Waals surface area contributed by atoms with Crippen LogP contribution in [0.5, 0.6) is 23.0 Å². The fraction of sp³-hybridized carbons (Fsp3) is 0.478. The van der Waals surface area contributed by atoms with Crippen molar-refractivity contribution in [3.8, 4) is 23.0 Å². The Labute approximate surface area is 321 Å². The lowest BCUT2D eigenvalue weighted by molar-refractivity contribution is -0.385. The summed E-state index contributed by atoms with van der Waals surface area (Å²) >= 11 is 0. The maximum absolute atomic E-state index is 11.4. The lowest BCUT2D eigenvalue weighted by Crippen LogP contribution is -2.37. The normalized spacial score (nSPS) is 17.3. The van der Waals surface area contributed by atoms with E-state index in [1.54, 1.807) is 38.1 Å². The molecule has 0 aromatic heterocycles. The van der Waals surface area contributed by atoms with Crippen molar-refractivity contribution in [1.29, 1.82) is 0 Å². The molecule has 54 heavy (non-hydrogen) atoms. The molecule has 0 saturated heterocycles. The van der Waals surface area contributed by atoms with E-state index in [4.69, 9.17) is 9.47 Å². The van der Waals surface area contributed by atoms with Gasteiger partial charge in [0.15, 0.2) is 0 Å². The molecule has 0 amide bonds. The molecule has 0 N–H and O–H groups in total. The minimum absolute atomic E-state index is 0.0437. The van der Waals surface area contributed by atoms with Crippen LogP contribution in [0.15, 0.2) is 60.7 Å². The van der Waals surface area contributed by atoms with E-state index in [0.717, 1.165) is 75.7 Å². The summed E-state index contributed by atoms with van der Waals surface area (Å²) in [4.78, 5) is 22.1. The van der Waals surface area contributed by atoms with Crippen LogP contribution < -0.4 is 9.47 Å². The molecule has 1 fully saturated rings. The van der Waals surface area contributed by atoms with Crippen LogP contribution in [-0.4, -0.2) is 9.85 Å². The van der Waals surface area contributed by atoms with Crippen LogP contribution >= 0.6 is 0 Å². The number of ether oxygens (including phenoxy) is 2. The van der Waals surface area contributed by atoms with E-state index in [9.17, 15) is 20.2 Å². The van der Waals surface area contributed by atoms with E-state index in [2.05, 4.69) is 72.7 Å². The first-order valence-electron chi connectivity index (χ1n) is 19.7. The third kappa shape index (κ3) is 8.80. The van der Waals surface area contributed by atoms with E-state index in [1.807, 2.05) is 0 Å². The highest BCUT2D eigenvalue weighted by Crippen LogP contribution is 2.50. The number of hydrogen-bond donors (Lipinski definition) is 0. The molecule has 8 heteroatoms. The van der Waals surface area contributed by atoms with Crippen molar-refractivity contribution in [2.45, 2.75) is 137 Å². The smallest absolute Gasteiger partial charge is 0.272 e. The molecule has 0 atom stereocenters. The Hall–Kier alpha value is -4.72. The highest BCUT2D eigenvalue weighted by molar-refractivity contribution is 5.52. The summed E-state index contributed by atoms with van der Waals surface area (Å²) in [5, 5.41) is 22.8. The molecule has 1 aliphatic rings. The fourth-order valence-corrected chi connectivity index (χ4v) is 8.62. The van der Waals surface area contributed by atoms with Crippen molar-refractivity contribution in [3.05, 3.63) is 125 Å². The lowest BCUT2D eigenvalue weighted by Gasteiger charge is -2.45. The van der Waals surface area contributed by atoms with Crippen LogP contribution in [0, 0.1) is 53.8 Å². The van der Waals surface area contributed by atoms with Crippen molar-refractivity contribution in [1.82, 2.24) is 0 Å². The Morgan fingerprint density at radius 1 is 0.685 bits per heavy atom. The summed E-state index contributed by atoms with van der Waals surface area (Å²) in [6, 6.07) is 19.1. The zero-order valence-corrected chi connectivity index (χ0v) is 33.8. The molecule has 0 spiro atoms. The number of nitro benzene ring substituents is 2. The highest BCUT2D eigenvalue weighted by Gasteiger charge is 2.41. The van der Waals surface area contributed by atoms with Crippen LogP contribution in [0.4, 0.5) is 11.4 Å². The van der Waals surface area contributed by atoms with Gasteiger partial charge in [-0.15, -0.1) is 0 Å². The molecule has 1 saturated carbocycles. The van der Waals surface area contributed by atoms with E-state index in [0.29, 0.717) is 28.5 Å². The lowest BCUT2D eigenvalue weighted by atomic mass is 9.59. The van der Waals surface area contributed by atoms with Gasteiger partial charge in [-0.25, -0.2) is 0 Å². The van der Waals surface area contributed by atoms with Crippen molar-refractivity contribution in [2.75, 3.05) is 0 Å². The summed E-state index contributed by atoms with van der Waals surface area (Å²) in [5.41, 5.74) is 8.94. The van der Waals surface area contributed by atoms with E-state index in [1.165, 1.54) is 45.5 Å². The van der Waals surface area contributed by atoms with Crippen LogP contribution in [0.3, 0.4) is 0 Å². The summed E-state index contributed by atoms with van der Waals surface area (Å²) < 4.78 is 12.9. The second-order valence-corrected chi connectivity index (χ2v) is 16.4. The van der Waals surface area contributed by atoms with Crippen molar-refractivity contribution < 1.29 is 19.3 Å². The second-order valence-electron chi connectivity index (χ2n) is 16.4. The zero-order chi connectivity index (χ0) is 39.4. The Bertz CT molecular complexity index is 2010. The molecule has 0 unspecified atom stereocenters. The highest BCUT2D eigenvalue weighted by atomic mass is 16.6. The molecular weight excluding hydrogens is 677 g/mol. The first kappa shape index (κ1) is 40.5. The van der Waals surface area contributed by atoms with Gasteiger partial charge in [0.05, 0.1) is 9.85 Å². The first-order valence-corrected chi connectivity index (χ1v) is 19.7. The number of rotatable bonds is 15. The summed E-state index contributed by atoms with van der Waals surface area (Å²) in [5.74, 6) is 3.41. The average molecular weight is 735 g/mol. The SMILES string of the molecule is CCCCc1cc(C2(C)CCC(C(C)(C)c3cc(CCCC)c(Oc4ccc([N+](=O)[O-])c(C)c4)cc3C)CC2)c(C)cc1Oc1ccc([N+](=O)[O-])c(C)c1. The molecule has 4 aromatic rings. The van der Waals surface area contributed by atoms with Gasteiger partial charge in [-0.05, 0) is 166 Å². The van der Waals surface area contributed by atoms with E-state index >= 15 is 0 Å². The molecule has 288 valence electrons. The van der Waals surface area contributed by atoms with E-state index < -0.39 is 0 Å². The van der Waals surface area contributed by atoms with Gasteiger partial charge < -0.3 is 9.47 Å². The van der Waals surface area contributed by atoms with Crippen LogP contribution in [0.25, 0.3) is 0 Å². The molecule has 8 nitrogen and oxygen atoms in total. The van der Waals surface area contributed by atoms with Gasteiger partial charge in [-0.1, -0.05) is 59.6 Å². The molecule has 0 heterocycles. The maximum atomic E-state index is 11.4. The standard InChI is InChI=1S/C46H58N2O6/c1-10-12-14-34-28-39(30(3)26-43(34)53-37-16-18-41(47(49)50)32(5)24-37)45(7,8)36-20-22-46(9,23-21-36)40-29-35(15-13-11-2)44(27-31(40)4)54-38-17-19-42(48(51)52)33(6)25-38/h16-19,24-29,36H,10-15,20-23H2,1-9H3. The monoisotopic (exact) mass is 734 g/mol. The Morgan fingerprint density at radius 2 is 1.15 bits per heavy atom. The molecule has 0 radical (unpaired) electrons. The molecule has 5 rings (SSSR count). The summed E-state index contributed by atoms with van der Waals surface area (Å²) in [6.45, 7) is 19.5. The maximum Gasteiger partial charge on any atom is 0.272 e. The molecule has 0 aliphatic heterocycles. The van der Waals surface area contributed by atoms with Crippen molar-refractivity contribution in [2.24, 2.45) is 5.92 Å². The predicted octanol–water partition coefficient (Wildman–Crippen LogP) is 13.4. The van der Waals surface area contributed by atoms with Gasteiger partial charge in [0.1, 0.15) is 23.0 Å². The van der Waals surface area contributed by atoms with Crippen molar-refractivity contribution in [3.63, 3.8) is 0 Å². The number of aryl methyl sites for hydroxylation is 6. The number of nitrogens with zero attached hydrogens (tertiary/aromatic N) is 2. The predicted molar refractivity (Wildman–Crippen MR) is 218 cm³/mol. The van der Waals surface area contributed by atoms with Crippen LogP contribution in [0.2, 0.25) is 0 Å². The van der Waals surface area contributed by atoms with Crippen LogP contribution in [-0.2, 0) is 23.7 Å². The summed E-state index contributed by atoms with van der Waals surface area (Å²) in [6.07, 6.45) is 10.5. The second kappa shape index (κ2) is 16.7. The first-order chi connectivity index (χ1) is 25.6. The summed E-state index contributed by atoms with van der Waals surface area (Å²) in [7, 11) is 0. The Balaban J connectivity index is 1.38. The molecule has 1 aliphatic carbocycles. The van der Waals surface area contributed by atoms with Crippen LogP contribution in [0.1, 0.15) is 130 Å². The van der Waals surface area contributed by atoms with Gasteiger partial charge in [0, 0.05) is 23.3 Å². The van der Waals surface area contributed by atoms with Gasteiger partial charge in [-0.3, -0.25) is 20.2 Å². The fourth-order valence-electron chi connectivity index (χ4n) is 8.62. The minimum Gasteiger partial charge on any atom is -0.457 e.